The van der Waals surface area contributed by atoms with Crippen LogP contribution in [0.1, 0.15) is 83.5 Å². The van der Waals surface area contributed by atoms with E-state index in [2.05, 4.69) is 43.7 Å². The summed E-state index contributed by atoms with van der Waals surface area (Å²) in [7, 11) is 0. The fourth-order valence-electron chi connectivity index (χ4n) is 3.39. The van der Waals surface area contributed by atoms with Gasteiger partial charge in [0.25, 0.3) is 0 Å². The third-order valence-electron chi connectivity index (χ3n) is 4.69. The first kappa shape index (κ1) is 26.6. The van der Waals surface area contributed by atoms with E-state index in [-0.39, 0.29) is 0 Å². The van der Waals surface area contributed by atoms with Gasteiger partial charge < -0.3 is 21.1 Å². The Labute approximate surface area is 160 Å². The molecule has 0 aromatic heterocycles. The molecule has 0 aliphatic rings. The number of quaternary nitrogens is 1. The van der Waals surface area contributed by atoms with Gasteiger partial charge >= 0.3 is 0 Å². The molecule has 0 aliphatic carbocycles. The van der Waals surface area contributed by atoms with Crippen LogP contribution >= 0.6 is 0 Å². The van der Waals surface area contributed by atoms with Crippen molar-refractivity contribution >= 4 is 0 Å². The van der Waals surface area contributed by atoms with Gasteiger partial charge in [-0.1, -0.05) is 63.2 Å². The smallest absolute Gasteiger partial charge is 0.0739 e. The molecule has 0 spiro atoms. The Bertz CT molecular complexity index is 340. The van der Waals surface area contributed by atoms with Gasteiger partial charge in [0.1, 0.15) is 0 Å². The Morgan fingerprint density at radius 2 is 1.04 bits per heavy atom. The van der Waals surface area contributed by atoms with Crippen LogP contribution in [0.2, 0.25) is 0 Å². The van der Waals surface area contributed by atoms with Crippen LogP contribution in [0.5, 0.6) is 0 Å². The van der Waals surface area contributed by atoms with Crippen LogP contribution in [0.4, 0.5) is 0 Å². The third-order valence-corrected chi connectivity index (χ3v) is 4.69. The highest BCUT2D eigenvalue weighted by atomic mass is 16.9. The lowest BCUT2D eigenvalue weighted by molar-refractivity contribution is -0.402. The molecule has 3 N–H and O–H groups in total. The highest BCUT2D eigenvalue weighted by Gasteiger charge is 2.25. The van der Waals surface area contributed by atoms with E-state index >= 15 is 0 Å². The van der Waals surface area contributed by atoms with Crippen LogP contribution < -0.4 is 5.73 Å². The molecule has 0 bridgehead atoms. The highest BCUT2D eigenvalue weighted by Crippen LogP contribution is 2.38. The normalized spacial score (nSPS) is 10.5. The maximum absolute atomic E-state index is 8.25. The van der Waals surface area contributed by atoms with Crippen LogP contribution in [0, 0.1) is 20.7 Å². The summed E-state index contributed by atoms with van der Waals surface area (Å²) in [6, 6.07) is 0. The fourth-order valence-corrected chi connectivity index (χ4v) is 3.39. The summed E-state index contributed by atoms with van der Waals surface area (Å²) < 4.78 is 0. The maximum Gasteiger partial charge on any atom is 0.0739 e. The maximum atomic E-state index is 8.25. The molecule has 0 amide bonds. The molecule has 0 aliphatic heterocycles. The van der Waals surface area contributed by atoms with Gasteiger partial charge in [0, 0.05) is 0 Å². The zero-order chi connectivity index (χ0) is 20.1. The molecule has 26 heavy (non-hydrogen) atoms. The van der Waals surface area contributed by atoms with Crippen molar-refractivity contribution in [1.29, 1.82) is 0 Å². The Balaban J connectivity index is 0. The number of hydrogen-bond donors (Lipinski definition) is 1. The molecule has 0 fully saturated rings. The van der Waals surface area contributed by atoms with Crippen LogP contribution in [-0.4, -0.2) is 11.6 Å². The minimum atomic E-state index is -1.75. The SMILES string of the molecule is C=CCC(CC=C)(CC=C)CCCCCCCCCCC[NH3+].O=[N+]([O-])[O-]. The lowest BCUT2D eigenvalue weighted by Gasteiger charge is -2.31. The molecule has 0 saturated carbocycles. The molecule has 0 heterocycles. The summed E-state index contributed by atoms with van der Waals surface area (Å²) in [5.41, 5.74) is 4.23. The summed E-state index contributed by atoms with van der Waals surface area (Å²) in [6.45, 7) is 12.9. The zero-order valence-electron chi connectivity index (χ0n) is 16.6. The number of nitrogens with zero attached hydrogens (tertiary/aromatic N) is 1. The van der Waals surface area contributed by atoms with E-state index in [1.807, 2.05) is 0 Å². The van der Waals surface area contributed by atoms with Gasteiger partial charge in [0.15, 0.2) is 0 Å². The predicted molar refractivity (Wildman–Crippen MR) is 111 cm³/mol. The average Bonchev–Trinajstić information content (AvgIpc) is 2.57. The van der Waals surface area contributed by atoms with Gasteiger partial charge in [-0.05, 0) is 43.9 Å². The summed E-state index contributed by atoms with van der Waals surface area (Å²) >= 11 is 0. The Morgan fingerprint density at radius 3 is 1.35 bits per heavy atom. The van der Waals surface area contributed by atoms with E-state index < -0.39 is 5.09 Å². The van der Waals surface area contributed by atoms with Gasteiger partial charge in [-0.2, -0.15) is 0 Å². The van der Waals surface area contributed by atoms with E-state index in [1.54, 1.807) is 0 Å². The number of allylic oxidation sites excluding steroid dienone is 3. The van der Waals surface area contributed by atoms with Gasteiger partial charge in [-0.3, -0.25) is 0 Å². The molecule has 152 valence electrons. The molecule has 0 unspecified atom stereocenters. The number of unbranched alkanes of at least 4 members (excludes halogenated alkanes) is 8. The number of rotatable bonds is 17. The molecule has 0 aromatic carbocycles. The molecule has 0 aromatic rings. The van der Waals surface area contributed by atoms with Crippen molar-refractivity contribution in [3.8, 4) is 0 Å². The second kappa shape index (κ2) is 19.7. The zero-order valence-corrected chi connectivity index (χ0v) is 16.6. The van der Waals surface area contributed by atoms with E-state index in [0.717, 1.165) is 25.8 Å². The molecule has 5 nitrogen and oxygen atoms in total. The molecule has 5 heteroatoms. The Kier molecular flexibility index (Phi) is 20.2. The van der Waals surface area contributed by atoms with Crippen molar-refractivity contribution in [3.63, 3.8) is 0 Å². The molecular weight excluding hydrogens is 328 g/mol. The monoisotopic (exact) mass is 368 g/mol. The molecule has 0 atom stereocenters. The molecular formula is C21H40N2O3. The first-order valence-corrected chi connectivity index (χ1v) is 9.91. The van der Waals surface area contributed by atoms with Crippen molar-refractivity contribution in [3.05, 3.63) is 53.3 Å². The first-order chi connectivity index (χ1) is 12.5. The van der Waals surface area contributed by atoms with Crippen LogP contribution in [0.3, 0.4) is 0 Å². The van der Waals surface area contributed by atoms with E-state index in [9.17, 15) is 0 Å². The standard InChI is InChI=1S/C21H39N.NO3/c1-4-16-21(17-5-2,18-6-3)19-14-12-10-8-7-9-11-13-15-20-22;2-1(3)4/h4-6H,1-3,7-20,22H2;/q;-1/p+1. The molecule has 0 radical (unpaired) electrons. The lowest BCUT2D eigenvalue weighted by atomic mass is 9.74. The quantitative estimate of drug-likeness (QED) is 0.156. The second-order valence-corrected chi connectivity index (χ2v) is 6.99. The van der Waals surface area contributed by atoms with Gasteiger partial charge in [0.05, 0.1) is 11.6 Å². The molecule has 0 rings (SSSR count). The summed E-state index contributed by atoms with van der Waals surface area (Å²) in [5.74, 6) is 0. The average molecular weight is 369 g/mol. The topological polar surface area (TPSA) is 93.8 Å². The van der Waals surface area contributed by atoms with Crippen molar-refractivity contribution < 1.29 is 10.8 Å². The van der Waals surface area contributed by atoms with E-state index in [1.165, 1.54) is 64.2 Å². The minimum Gasteiger partial charge on any atom is -0.358 e. The minimum absolute atomic E-state index is 0.333. The predicted octanol–water partition coefficient (Wildman–Crippen LogP) is 5.60. The summed E-state index contributed by atoms with van der Waals surface area (Å²) in [6.07, 6.45) is 23.1. The van der Waals surface area contributed by atoms with Crippen LogP contribution in [0.15, 0.2) is 38.0 Å². The summed E-state index contributed by atoms with van der Waals surface area (Å²) in [4.78, 5) is 8.25. The first-order valence-electron chi connectivity index (χ1n) is 9.91. The van der Waals surface area contributed by atoms with Crippen molar-refractivity contribution in [1.82, 2.24) is 0 Å². The van der Waals surface area contributed by atoms with Crippen molar-refractivity contribution in [2.24, 2.45) is 5.41 Å². The van der Waals surface area contributed by atoms with Crippen molar-refractivity contribution in [2.45, 2.75) is 83.5 Å². The van der Waals surface area contributed by atoms with E-state index in [0.29, 0.717) is 5.41 Å². The highest BCUT2D eigenvalue weighted by molar-refractivity contribution is 4.95. The third kappa shape index (κ3) is 18.7. The van der Waals surface area contributed by atoms with Gasteiger partial charge in [-0.25, -0.2) is 0 Å². The molecule has 0 saturated heterocycles. The lowest BCUT2D eigenvalue weighted by Crippen LogP contribution is -2.50. The largest absolute Gasteiger partial charge is 0.358 e. The van der Waals surface area contributed by atoms with Crippen LogP contribution in [-0.2, 0) is 0 Å². The van der Waals surface area contributed by atoms with Crippen molar-refractivity contribution in [2.75, 3.05) is 6.54 Å². The Morgan fingerprint density at radius 1 is 0.731 bits per heavy atom. The fraction of sp³-hybridized carbons (Fsp3) is 0.714. The van der Waals surface area contributed by atoms with E-state index in [4.69, 9.17) is 15.3 Å². The Hall–Kier alpha value is -1.62. The van der Waals surface area contributed by atoms with Gasteiger partial charge in [0.2, 0.25) is 0 Å². The van der Waals surface area contributed by atoms with Crippen LogP contribution in [0.25, 0.3) is 0 Å². The number of hydrogen-bond acceptors (Lipinski definition) is 3. The summed E-state index contributed by atoms with van der Waals surface area (Å²) in [5, 5.41) is 14.8. The van der Waals surface area contributed by atoms with Gasteiger partial charge in [-0.15, -0.1) is 19.7 Å². The second-order valence-electron chi connectivity index (χ2n) is 6.99.